The second-order valence-corrected chi connectivity index (χ2v) is 4.88. The summed E-state index contributed by atoms with van der Waals surface area (Å²) < 4.78 is 5.36. The van der Waals surface area contributed by atoms with Crippen LogP contribution in [0.4, 0.5) is 0 Å². The van der Waals surface area contributed by atoms with Gasteiger partial charge in [-0.3, -0.25) is 0 Å². The molecule has 0 amide bonds. The molecule has 0 aliphatic heterocycles. The summed E-state index contributed by atoms with van der Waals surface area (Å²) in [7, 11) is 1.83. The second kappa shape index (κ2) is 3.58. The number of fused-ring (bicyclic) bond motifs is 1. The van der Waals surface area contributed by atoms with Crippen LogP contribution in [0, 0.1) is 17.3 Å². The van der Waals surface area contributed by atoms with E-state index in [-0.39, 0.29) is 0 Å². The molecule has 76 valence electrons. The molecule has 0 radical (unpaired) electrons. The first-order valence-corrected chi connectivity index (χ1v) is 5.49. The number of hydrogen-bond donors (Lipinski definition) is 1. The molecule has 2 unspecified atom stereocenters. The van der Waals surface area contributed by atoms with Crippen LogP contribution >= 0.6 is 0 Å². The summed E-state index contributed by atoms with van der Waals surface area (Å²) in [4.78, 5) is 0. The zero-order valence-electron chi connectivity index (χ0n) is 8.81. The third kappa shape index (κ3) is 1.89. The zero-order chi connectivity index (χ0) is 9.31. The SMILES string of the molecule is CCNCC1(COC)CC2CC2C1. The topological polar surface area (TPSA) is 21.3 Å². The van der Waals surface area contributed by atoms with Gasteiger partial charge in [-0.1, -0.05) is 6.92 Å². The second-order valence-electron chi connectivity index (χ2n) is 4.88. The fraction of sp³-hybridized carbons (Fsp3) is 1.00. The Kier molecular flexibility index (Phi) is 2.61. The van der Waals surface area contributed by atoms with Crippen LogP contribution in [0.25, 0.3) is 0 Å². The molecule has 0 aromatic heterocycles. The van der Waals surface area contributed by atoms with Crippen molar-refractivity contribution in [1.82, 2.24) is 5.32 Å². The summed E-state index contributed by atoms with van der Waals surface area (Å²) in [6.45, 7) is 5.37. The van der Waals surface area contributed by atoms with E-state index in [0.29, 0.717) is 5.41 Å². The van der Waals surface area contributed by atoms with Gasteiger partial charge in [0.05, 0.1) is 6.61 Å². The molecule has 2 atom stereocenters. The molecule has 0 bridgehead atoms. The Labute approximate surface area is 81.0 Å². The molecular formula is C11H21NO. The van der Waals surface area contributed by atoms with Crippen molar-refractivity contribution in [2.75, 3.05) is 26.8 Å². The smallest absolute Gasteiger partial charge is 0.0531 e. The van der Waals surface area contributed by atoms with Crippen molar-refractivity contribution >= 4 is 0 Å². The van der Waals surface area contributed by atoms with Gasteiger partial charge in [-0.25, -0.2) is 0 Å². The summed E-state index contributed by atoms with van der Waals surface area (Å²) in [5, 5.41) is 3.48. The van der Waals surface area contributed by atoms with Crippen molar-refractivity contribution in [3.05, 3.63) is 0 Å². The lowest BCUT2D eigenvalue weighted by Gasteiger charge is -2.30. The molecule has 0 aromatic rings. The average molecular weight is 183 g/mol. The third-order valence-corrected chi connectivity index (χ3v) is 3.66. The first kappa shape index (κ1) is 9.47. The Morgan fingerprint density at radius 3 is 2.62 bits per heavy atom. The van der Waals surface area contributed by atoms with Crippen molar-refractivity contribution in [3.8, 4) is 0 Å². The van der Waals surface area contributed by atoms with Crippen LogP contribution in [0.3, 0.4) is 0 Å². The van der Waals surface area contributed by atoms with E-state index in [9.17, 15) is 0 Å². The van der Waals surface area contributed by atoms with E-state index in [1.807, 2.05) is 7.11 Å². The van der Waals surface area contributed by atoms with Gasteiger partial charge in [0.15, 0.2) is 0 Å². The molecular weight excluding hydrogens is 162 g/mol. The van der Waals surface area contributed by atoms with E-state index in [1.54, 1.807) is 0 Å². The van der Waals surface area contributed by atoms with Crippen LogP contribution in [0.2, 0.25) is 0 Å². The Balaban J connectivity index is 1.87. The van der Waals surface area contributed by atoms with Gasteiger partial charge in [-0.2, -0.15) is 0 Å². The average Bonchev–Trinajstić information content (AvgIpc) is 2.73. The van der Waals surface area contributed by atoms with Crippen LogP contribution < -0.4 is 5.32 Å². The Morgan fingerprint density at radius 1 is 1.38 bits per heavy atom. The monoisotopic (exact) mass is 183 g/mol. The largest absolute Gasteiger partial charge is 0.384 e. The van der Waals surface area contributed by atoms with E-state index in [2.05, 4.69) is 12.2 Å². The number of hydrogen-bond acceptors (Lipinski definition) is 2. The highest BCUT2D eigenvalue weighted by Gasteiger charge is 2.53. The maximum absolute atomic E-state index is 5.36. The minimum Gasteiger partial charge on any atom is -0.384 e. The van der Waals surface area contributed by atoms with Gasteiger partial charge in [-0.05, 0) is 37.6 Å². The van der Waals surface area contributed by atoms with Gasteiger partial charge in [0, 0.05) is 19.1 Å². The molecule has 1 N–H and O–H groups in total. The summed E-state index contributed by atoms with van der Waals surface area (Å²) in [6, 6.07) is 0. The molecule has 2 aliphatic rings. The number of rotatable bonds is 5. The molecule has 2 rings (SSSR count). The van der Waals surface area contributed by atoms with E-state index in [1.165, 1.54) is 19.3 Å². The van der Waals surface area contributed by atoms with Crippen molar-refractivity contribution in [2.45, 2.75) is 26.2 Å². The Bertz CT molecular complexity index is 171. The van der Waals surface area contributed by atoms with Crippen LogP contribution in [-0.4, -0.2) is 26.8 Å². The van der Waals surface area contributed by atoms with E-state index in [4.69, 9.17) is 4.74 Å². The van der Waals surface area contributed by atoms with E-state index in [0.717, 1.165) is 31.5 Å². The summed E-state index contributed by atoms with van der Waals surface area (Å²) >= 11 is 0. The fourth-order valence-electron chi connectivity index (χ4n) is 3.02. The molecule has 2 aliphatic carbocycles. The van der Waals surface area contributed by atoms with Crippen LogP contribution in [0.1, 0.15) is 26.2 Å². The van der Waals surface area contributed by atoms with Crippen LogP contribution in [0.5, 0.6) is 0 Å². The van der Waals surface area contributed by atoms with Gasteiger partial charge < -0.3 is 10.1 Å². The summed E-state index contributed by atoms with van der Waals surface area (Å²) in [5.41, 5.74) is 0.484. The lowest BCUT2D eigenvalue weighted by atomic mass is 9.83. The molecule has 0 spiro atoms. The zero-order valence-corrected chi connectivity index (χ0v) is 8.81. The molecule has 2 heteroatoms. The van der Waals surface area contributed by atoms with Crippen LogP contribution in [-0.2, 0) is 4.74 Å². The molecule has 13 heavy (non-hydrogen) atoms. The lowest BCUT2D eigenvalue weighted by molar-refractivity contribution is 0.0737. The van der Waals surface area contributed by atoms with Gasteiger partial charge in [-0.15, -0.1) is 0 Å². The highest BCUT2D eigenvalue weighted by atomic mass is 16.5. The van der Waals surface area contributed by atoms with E-state index >= 15 is 0 Å². The highest BCUT2D eigenvalue weighted by Crippen LogP contribution is 2.59. The minimum absolute atomic E-state index is 0.484. The maximum atomic E-state index is 5.36. The number of ether oxygens (including phenoxy) is 1. The Morgan fingerprint density at radius 2 is 2.08 bits per heavy atom. The standard InChI is InChI=1S/C11H21NO/c1-3-12-7-11(8-13-2)5-9-4-10(9)6-11/h9-10,12H,3-8H2,1-2H3. The van der Waals surface area contributed by atoms with Crippen LogP contribution in [0.15, 0.2) is 0 Å². The van der Waals surface area contributed by atoms with Crippen molar-refractivity contribution in [2.24, 2.45) is 17.3 Å². The normalized spacial score (nSPS) is 42.0. The molecule has 0 heterocycles. The molecule has 2 fully saturated rings. The van der Waals surface area contributed by atoms with E-state index < -0.39 is 0 Å². The Hall–Kier alpha value is -0.0800. The van der Waals surface area contributed by atoms with Crippen molar-refractivity contribution < 1.29 is 4.74 Å². The quantitative estimate of drug-likeness (QED) is 0.700. The van der Waals surface area contributed by atoms with Gasteiger partial charge in [0.25, 0.3) is 0 Å². The first-order valence-electron chi connectivity index (χ1n) is 5.49. The predicted octanol–water partition coefficient (Wildman–Crippen LogP) is 1.66. The van der Waals surface area contributed by atoms with Gasteiger partial charge >= 0.3 is 0 Å². The molecule has 2 nitrogen and oxygen atoms in total. The maximum Gasteiger partial charge on any atom is 0.0531 e. The number of nitrogens with one attached hydrogen (secondary N) is 1. The molecule has 2 saturated carbocycles. The minimum atomic E-state index is 0.484. The van der Waals surface area contributed by atoms with Gasteiger partial charge in [0.1, 0.15) is 0 Å². The lowest BCUT2D eigenvalue weighted by Crippen LogP contribution is -2.36. The molecule has 0 saturated heterocycles. The van der Waals surface area contributed by atoms with Crippen molar-refractivity contribution in [1.29, 1.82) is 0 Å². The first-order chi connectivity index (χ1) is 6.29. The van der Waals surface area contributed by atoms with Gasteiger partial charge in [0.2, 0.25) is 0 Å². The number of methoxy groups -OCH3 is 1. The predicted molar refractivity (Wildman–Crippen MR) is 53.7 cm³/mol. The summed E-state index contributed by atoms with van der Waals surface area (Å²) in [5.74, 6) is 2.10. The third-order valence-electron chi connectivity index (χ3n) is 3.66. The van der Waals surface area contributed by atoms with Crippen molar-refractivity contribution in [3.63, 3.8) is 0 Å². The summed E-state index contributed by atoms with van der Waals surface area (Å²) in [6.07, 6.45) is 4.30. The highest BCUT2D eigenvalue weighted by molar-refractivity contribution is 5.04. The fourth-order valence-corrected chi connectivity index (χ4v) is 3.02. The molecule has 0 aromatic carbocycles.